The minimum Gasteiger partial charge on any atom is -0.390 e. The first kappa shape index (κ1) is 14.8. The molecule has 4 heteroatoms. The fourth-order valence-corrected chi connectivity index (χ4v) is 3.27. The smallest absolute Gasteiger partial charge is 0.185 e. The Balaban J connectivity index is 1.45. The highest BCUT2D eigenvalue weighted by molar-refractivity contribution is 5.21. The molecule has 5 atom stereocenters. The summed E-state index contributed by atoms with van der Waals surface area (Å²) in [5.74, 6) is 0. The van der Waals surface area contributed by atoms with Gasteiger partial charge in [0.25, 0.3) is 0 Å². The second kappa shape index (κ2) is 6.42. The normalized spacial score (nSPS) is 32.8. The van der Waals surface area contributed by atoms with Crippen LogP contribution < -0.4 is 0 Å². The number of benzene rings is 2. The van der Waals surface area contributed by atoms with E-state index in [1.54, 1.807) is 0 Å². The summed E-state index contributed by atoms with van der Waals surface area (Å²) in [5, 5.41) is 10.4. The first-order valence-corrected chi connectivity index (χ1v) is 8.01. The Labute approximate surface area is 135 Å². The molecule has 0 amide bonds. The summed E-state index contributed by atoms with van der Waals surface area (Å²) in [6.45, 7) is 0.488. The van der Waals surface area contributed by atoms with Crippen LogP contribution >= 0.6 is 0 Å². The van der Waals surface area contributed by atoms with Crippen LogP contribution in [0.15, 0.2) is 60.7 Å². The van der Waals surface area contributed by atoms with Crippen molar-refractivity contribution in [3.05, 3.63) is 71.8 Å². The summed E-state index contributed by atoms with van der Waals surface area (Å²) in [5.41, 5.74) is 2.13. The van der Waals surface area contributed by atoms with Gasteiger partial charge in [0.2, 0.25) is 0 Å². The molecule has 4 nitrogen and oxygen atoms in total. The lowest BCUT2D eigenvalue weighted by Crippen LogP contribution is -2.43. The van der Waals surface area contributed by atoms with Gasteiger partial charge in [-0.2, -0.15) is 0 Å². The zero-order valence-electron chi connectivity index (χ0n) is 12.7. The third-order valence-corrected chi connectivity index (χ3v) is 4.46. The molecule has 1 N–H and O–H groups in total. The summed E-state index contributed by atoms with van der Waals surface area (Å²) in [4.78, 5) is 0. The molecule has 2 heterocycles. The van der Waals surface area contributed by atoms with Crippen LogP contribution in [-0.4, -0.2) is 29.7 Å². The zero-order chi connectivity index (χ0) is 15.6. The summed E-state index contributed by atoms with van der Waals surface area (Å²) >= 11 is 0. The van der Waals surface area contributed by atoms with Crippen LogP contribution in [0.1, 0.15) is 23.7 Å². The predicted octanol–water partition coefficient (Wildman–Crippen LogP) is 2.82. The third-order valence-electron chi connectivity index (χ3n) is 4.46. The van der Waals surface area contributed by atoms with Crippen molar-refractivity contribution < 1.29 is 19.3 Å². The number of aliphatic hydroxyl groups excluding tert-OH is 1. The van der Waals surface area contributed by atoms with E-state index in [4.69, 9.17) is 14.2 Å². The van der Waals surface area contributed by atoms with Crippen LogP contribution in [0.5, 0.6) is 0 Å². The van der Waals surface area contributed by atoms with E-state index in [2.05, 4.69) is 0 Å². The molecule has 2 bridgehead atoms. The molecule has 2 saturated heterocycles. The maximum Gasteiger partial charge on any atom is 0.185 e. The first-order chi connectivity index (χ1) is 11.3. The van der Waals surface area contributed by atoms with Gasteiger partial charge in [0.15, 0.2) is 6.29 Å². The fourth-order valence-electron chi connectivity index (χ4n) is 3.27. The van der Waals surface area contributed by atoms with Crippen LogP contribution in [0.2, 0.25) is 0 Å². The van der Waals surface area contributed by atoms with Crippen molar-refractivity contribution in [3.63, 3.8) is 0 Å². The van der Waals surface area contributed by atoms with Gasteiger partial charge in [0.05, 0.1) is 12.7 Å². The number of ether oxygens (including phenoxy) is 3. The molecule has 2 aromatic rings. The molecule has 0 radical (unpaired) electrons. The maximum absolute atomic E-state index is 10.4. The van der Waals surface area contributed by atoms with E-state index in [0.29, 0.717) is 13.0 Å². The zero-order valence-corrected chi connectivity index (χ0v) is 12.7. The minimum atomic E-state index is -0.584. The van der Waals surface area contributed by atoms with Crippen molar-refractivity contribution in [2.75, 3.05) is 0 Å². The van der Waals surface area contributed by atoms with E-state index < -0.39 is 12.4 Å². The van der Waals surface area contributed by atoms with Gasteiger partial charge in [0, 0.05) is 6.42 Å². The monoisotopic (exact) mass is 312 g/mol. The number of aliphatic hydroxyl groups is 1. The van der Waals surface area contributed by atoms with Gasteiger partial charge in [-0.1, -0.05) is 60.7 Å². The summed E-state index contributed by atoms with van der Waals surface area (Å²) < 4.78 is 17.9. The van der Waals surface area contributed by atoms with Gasteiger partial charge in [-0.15, -0.1) is 0 Å². The summed E-state index contributed by atoms with van der Waals surface area (Å²) in [6.07, 6.45) is -1.28. The number of hydrogen-bond donors (Lipinski definition) is 1. The van der Waals surface area contributed by atoms with Crippen molar-refractivity contribution >= 4 is 0 Å². The summed E-state index contributed by atoms with van der Waals surface area (Å²) in [6, 6.07) is 19.9. The molecule has 2 aromatic carbocycles. The molecule has 120 valence electrons. The molecular formula is C19H20O4. The van der Waals surface area contributed by atoms with Crippen LogP contribution in [0, 0.1) is 0 Å². The van der Waals surface area contributed by atoms with Gasteiger partial charge < -0.3 is 19.3 Å². The molecule has 4 rings (SSSR count). The Morgan fingerprint density at radius 1 is 0.957 bits per heavy atom. The Morgan fingerprint density at radius 2 is 1.65 bits per heavy atom. The van der Waals surface area contributed by atoms with Crippen LogP contribution in [-0.2, 0) is 20.8 Å². The highest BCUT2D eigenvalue weighted by atomic mass is 16.8. The van der Waals surface area contributed by atoms with Crippen molar-refractivity contribution in [2.24, 2.45) is 0 Å². The quantitative estimate of drug-likeness (QED) is 0.943. The summed E-state index contributed by atoms with van der Waals surface area (Å²) in [7, 11) is 0. The lowest BCUT2D eigenvalue weighted by Gasteiger charge is -2.31. The second-order valence-corrected chi connectivity index (χ2v) is 6.07. The van der Waals surface area contributed by atoms with E-state index >= 15 is 0 Å². The van der Waals surface area contributed by atoms with Crippen molar-refractivity contribution in [1.82, 2.24) is 0 Å². The lowest BCUT2D eigenvalue weighted by molar-refractivity contribution is -0.202. The van der Waals surface area contributed by atoms with Crippen LogP contribution in [0.25, 0.3) is 0 Å². The number of fused-ring (bicyclic) bond motifs is 2. The molecule has 0 aliphatic carbocycles. The van der Waals surface area contributed by atoms with Gasteiger partial charge >= 0.3 is 0 Å². The largest absolute Gasteiger partial charge is 0.390 e. The van der Waals surface area contributed by atoms with E-state index in [0.717, 1.165) is 11.1 Å². The SMILES string of the molecule is OC1CC(OCc2ccccc2)C2OC(c3ccccc3)C1O2. The molecule has 2 fully saturated rings. The topological polar surface area (TPSA) is 47.9 Å². The average molecular weight is 312 g/mol. The second-order valence-electron chi connectivity index (χ2n) is 6.07. The lowest BCUT2D eigenvalue weighted by atomic mass is 9.96. The fraction of sp³-hybridized carbons (Fsp3) is 0.368. The molecule has 0 aromatic heterocycles. The molecule has 23 heavy (non-hydrogen) atoms. The maximum atomic E-state index is 10.4. The first-order valence-electron chi connectivity index (χ1n) is 8.01. The Kier molecular flexibility index (Phi) is 4.14. The average Bonchev–Trinajstić information content (AvgIpc) is 3.00. The Bertz CT molecular complexity index is 630. The molecule has 0 saturated carbocycles. The van der Waals surface area contributed by atoms with Crippen molar-refractivity contribution in [1.29, 1.82) is 0 Å². The van der Waals surface area contributed by atoms with E-state index in [1.165, 1.54) is 0 Å². The van der Waals surface area contributed by atoms with Gasteiger partial charge in [0.1, 0.15) is 18.3 Å². The van der Waals surface area contributed by atoms with Crippen LogP contribution in [0.3, 0.4) is 0 Å². The van der Waals surface area contributed by atoms with E-state index in [-0.39, 0.29) is 18.3 Å². The molecule has 2 aliphatic heterocycles. The third kappa shape index (κ3) is 3.03. The Morgan fingerprint density at radius 3 is 2.39 bits per heavy atom. The van der Waals surface area contributed by atoms with Crippen molar-refractivity contribution in [2.45, 2.75) is 43.7 Å². The molecule has 0 spiro atoms. The van der Waals surface area contributed by atoms with Gasteiger partial charge in [-0.25, -0.2) is 0 Å². The Hall–Kier alpha value is -1.72. The molecular weight excluding hydrogens is 292 g/mol. The number of hydrogen-bond acceptors (Lipinski definition) is 4. The molecule has 2 aliphatic rings. The molecule has 5 unspecified atom stereocenters. The minimum absolute atomic E-state index is 0.235. The van der Waals surface area contributed by atoms with E-state index in [9.17, 15) is 5.11 Å². The van der Waals surface area contributed by atoms with Gasteiger partial charge in [-0.05, 0) is 11.1 Å². The highest BCUT2D eigenvalue weighted by Crippen LogP contribution is 2.41. The standard InChI is InChI=1S/C19H20O4/c20-15-11-16(21-12-13-7-3-1-4-8-13)19-22-17(18(15)23-19)14-9-5-2-6-10-14/h1-10,15-20H,11-12H2. The van der Waals surface area contributed by atoms with Crippen LogP contribution in [0.4, 0.5) is 0 Å². The van der Waals surface area contributed by atoms with Crippen molar-refractivity contribution in [3.8, 4) is 0 Å². The number of rotatable bonds is 4. The van der Waals surface area contributed by atoms with Gasteiger partial charge in [-0.3, -0.25) is 0 Å². The predicted molar refractivity (Wildman–Crippen MR) is 84.6 cm³/mol. The highest BCUT2D eigenvalue weighted by Gasteiger charge is 2.50. The van der Waals surface area contributed by atoms with E-state index in [1.807, 2.05) is 60.7 Å².